The summed E-state index contributed by atoms with van der Waals surface area (Å²) in [5.74, 6) is -0.760. The third-order valence-corrected chi connectivity index (χ3v) is 6.39. The number of hydrogen-bond acceptors (Lipinski definition) is 6. The molecule has 1 aliphatic rings. The Bertz CT molecular complexity index is 1510. The molecular weight excluding hydrogens is 504 g/mol. The van der Waals surface area contributed by atoms with Gasteiger partial charge in [-0.15, -0.1) is 0 Å². The quantitative estimate of drug-likeness (QED) is 0.387. The monoisotopic (exact) mass is 526 g/mol. The van der Waals surface area contributed by atoms with Crippen LogP contribution in [0.15, 0.2) is 79.3 Å². The second kappa shape index (κ2) is 10.8. The lowest BCUT2D eigenvalue weighted by atomic mass is 10.0. The summed E-state index contributed by atoms with van der Waals surface area (Å²) in [5, 5.41) is 5.95. The fraction of sp³-hybridized carbons (Fsp3) is 0.143. The van der Waals surface area contributed by atoms with Crippen LogP contribution in [0.25, 0.3) is 0 Å². The minimum atomic E-state index is -0.792. The van der Waals surface area contributed by atoms with E-state index in [9.17, 15) is 14.4 Å². The number of nitrogens with zero attached hydrogens (tertiary/aromatic N) is 4. The Hall–Kier alpha value is -4.63. The third kappa shape index (κ3) is 5.52. The number of fused-ring (bicyclic) bond motifs is 1. The second-order valence-corrected chi connectivity index (χ2v) is 9.30. The lowest BCUT2D eigenvalue weighted by Gasteiger charge is -2.29. The molecule has 0 bridgehead atoms. The highest BCUT2D eigenvalue weighted by Gasteiger charge is 2.35. The van der Waals surface area contributed by atoms with Gasteiger partial charge in [0.25, 0.3) is 11.8 Å². The van der Waals surface area contributed by atoms with Gasteiger partial charge in [0.05, 0.1) is 11.3 Å². The number of benzene rings is 2. The Balaban J connectivity index is 1.41. The number of carbonyl (C=O) groups excluding carboxylic acids is 3. The van der Waals surface area contributed by atoms with Crippen LogP contribution in [0.2, 0.25) is 5.02 Å². The molecule has 10 heteroatoms. The zero-order chi connectivity index (χ0) is 26.6. The Labute approximate surface area is 223 Å². The number of aromatic nitrogens is 3. The van der Waals surface area contributed by atoms with E-state index in [1.807, 2.05) is 13.0 Å². The van der Waals surface area contributed by atoms with Crippen LogP contribution in [-0.2, 0) is 17.8 Å². The number of rotatable bonds is 6. The summed E-state index contributed by atoms with van der Waals surface area (Å²) in [7, 11) is 0. The largest absolute Gasteiger partial charge is 0.323 e. The molecule has 38 heavy (non-hydrogen) atoms. The van der Waals surface area contributed by atoms with Crippen molar-refractivity contribution in [3.63, 3.8) is 0 Å². The van der Waals surface area contributed by atoms with Crippen molar-refractivity contribution in [3.05, 3.63) is 112 Å². The van der Waals surface area contributed by atoms with Crippen molar-refractivity contribution >= 4 is 41.0 Å². The number of pyridine rings is 1. The van der Waals surface area contributed by atoms with Gasteiger partial charge in [-0.1, -0.05) is 29.8 Å². The lowest BCUT2D eigenvalue weighted by molar-refractivity contribution is -0.120. The number of halogens is 1. The van der Waals surface area contributed by atoms with Crippen molar-refractivity contribution < 1.29 is 14.4 Å². The normalized spacial score (nSPS) is 14.9. The molecule has 4 aromatic rings. The molecule has 1 aliphatic heterocycles. The molecule has 0 aliphatic carbocycles. The fourth-order valence-electron chi connectivity index (χ4n) is 4.23. The van der Waals surface area contributed by atoms with Crippen molar-refractivity contribution in [2.75, 3.05) is 10.6 Å². The van der Waals surface area contributed by atoms with Gasteiger partial charge < -0.3 is 10.2 Å². The van der Waals surface area contributed by atoms with E-state index in [1.54, 1.807) is 73.2 Å². The molecule has 5 rings (SSSR count). The first-order valence-corrected chi connectivity index (χ1v) is 12.3. The molecule has 0 radical (unpaired) electrons. The van der Waals surface area contributed by atoms with Gasteiger partial charge in [0.1, 0.15) is 6.04 Å². The highest BCUT2D eigenvalue weighted by Crippen LogP contribution is 2.29. The maximum atomic E-state index is 13.7. The van der Waals surface area contributed by atoms with E-state index in [4.69, 9.17) is 11.6 Å². The van der Waals surface area contributed by atoms with Crippen molar-refractivity contribution in [2.24, 2.45) is 0 Å². The van der Waals surface area contributed by atoms with Crippen LogP contribution in [0.5, 0.6) is 0 Å². The first-order valence-electron chi connectivity index (χ1n) is 11.9. The average molecular weight is 527 g/mol. The molecule has 190 valence electrons. The number of hydrogen-bond donors (Lipinski definition) is 2. The van der Waals surface area contributed by atoms with Crippen molar-refractivity contribution in [3.8, 4) is 0 Å². The van der Waals surface area contributed by atoms with Crippen LogP contribution in [0, 0.1) is 6.92 Å². The van der Waals surface area contributed by atoms with Gasteiger partial charge in [-0.3, -0.25) is 24.7 Å². The van der Waals surface area contributed by atoms with Gasteiger partial charge >= 0.3 is 0 Å². The van der Waals surface area contributed by atoms with Crippen molar-refractivity contribution in [1.82, 2.24) is 19.9 Å². The van der Waals surface area contributed by atoms with Crippen LogP contribution in [-0.4, -0.2) is 43.6 Å². The summed E-state index contributed by atoms with van der Waals surface area (Å²) in [5.41, 5.74) is 3.44. The predicted octanol–water partition coefficient (Wildman–Crippen LogP) is 4.29. The smallest absolute Gasteiger partial charge is 0.258 e. The zero-order valence-electron chi connectivity index (χ0n) is 20.4. The minimum absolute atomic E-state index is 0.155. The van der Waals surface area contributed by atoms with Gasteiger partial charge in [0.15, 0.2) is 0 Å². The molecule has 1 atom stereocenters. The molecule has 2 aromatic heterocycles. The average Bonchev–Trinajstić information content (AvgIpc) is 2.99. The van der Waals surface area contributed by atoms with E-state index in [0.29, 0.717) is 21.8 Å². The molecule has 2 N–H and O–H groups in total. The van der Waals surface area contributed by atoms with Crippen LogP contribution in [0.4, 0.5) is 11.6 Å². The van der Waals surface area contributed by atoms with Crippen LogP contribution < -0.4 is 10.6 Å². The van der Waals surface area contributed by atoms with Gasteiger partial charge in [0.2, 0.25) is 11.9 Å². The molecule has 0 saturated carbocycles. The molecule has 0 fully saturated rings. The van der Waals surface area contributed by atoms with E-state index >= 15 is 0 Å². The van der Waals surface area contributed by atoms with E-state index in [2.05, 4.69) is 25.6 Å². The Morgan fingerprint density at radius 2 is 1.87 bits per heavy atom. The number of anilines is 2. The summed E-state index contributed by atoms with van der Waals surface area (Å²) in [6, 6.07) is 16.2. The summed E-state index contributed by atoms with van der Waals surface area (Å²) < 4.78 is 0. The van der Waals surface area contributed by atoms with Crippen LogP contribution >= 0.6 is 11.6 Å². The standard InChI is InChI=1S/C28H23ClN6O3/c1-17-10-12-31-28(32-17)34-25(36)20-6-4-18(5-7-20)16-35-24(13-19-3-2-11-30-15-19)26(37)33-23-14-21(29)8-9-22(23)27(35)38/h2-12,14-15,24H,13,16H2,1H3,(H,33,37)(H,31,32,34,36). The Kier molecular flexibility index (Phi) is 7.10. The van der Waals surface area contributed by atoms with Crippen LogP contribution in [0.3, 0.4) is 0 Å². The number of nitrogens with one attached hydrogen (secondary N) is 2. The molecule has 0 spiro atoms. The first kappa shape index (κ1) is 25.0. The number of carbonyl (C=O) groups is 3. The summed E-state index contributed by atoms with van der Waals surface area (Å²) >= 11 is 6.13. The molecule has 2 aromatic carbocycles. The van der Waals surface area contributed by atoms with Crippen molar-refractivity contribution in [1.29, 1.82) is 0 Å². The molecule has 0 saturated heterocycles. The maximum absolute atomic E-state index is 13.7. The van der Waals surface area contributed by atoms with E-state index in [-0.39, 0.29) is 36.6 Å². The highest BCUT2D eigenvalue weighted by atomic mass is 35.5. The van der Waals surface area contributed by atoms with Gasteiger partial charge in [-0.25, -0.2) is 9.97 Å². The van der Waals surface area contributed by atoms with E-state index in [0.717, 1.165) is 16.8 Å². The molecule has 3 heterocycles. The second-order valence-electron chi connectivity index (χ2n) is 8.87. The number of amides is 3. The number of aryl methyl sites for hydroxylation is 1. The minimum Gasteiger partial charge on any atom is -0.323 e. The summed E-state index contributed by atoms with van der Waals surface area (Å²) in [6.07, 6.45) is 5.18. The highest BCUT2D eigenvalue weighted by molar-refractivity contribution is 6.31. The third-order valence-electron chi connectivity index (χ3n) is 6.15. The molecule has 9 nitrogen and oxygen atoms in total. The van der Waals surface area contributed by atoms with Crippen molar-refractivity contribution in [2.45, 2.75) is 25.9 Å². The molecule has 1 unspecified atom stereocenters. The van der Waals surface area contributed by atoms with Crippen LogP contribution in [0.1, 0.15) is 37.5 Å². The summed E-state index contributed by atoms with van der Waals surface area (Å²) in [4.78, 5) is 53.6. The first-order chi connectivity index (χ1) is 18.4. The lowest BCUT2D eigenvalue weighted by Crippen LogP contribution is -2.46. The zero-order valence-corrected chi connectivity index (χ0v) is 21.1. The Morgan fingerprint density at radius 3 is 2.61 bits per heavy atom. The fourth-order valence-corrected chi connectivity index (χ4v) is 4.40. The van der Waals surface area contributed by atoms with Gasteiger partial charge in [0, 0.05) is 47.8 Å². The molecular formula is C28H23ClN6O3. The SMILES string of the molecule is Cc1ccnc(NC(=O)c2ccc(CN3C(=O)c4ccc(Cl)cc4NC(=O)C3Cc3cccnc3)cc2)n1. The Morgan fingerprint density at radius 1 is 1.05 bits per heavy atom. The van der Waals surface area contributed by atoms with E-state index < -0.39 is 6.04 Å². The summed E-state index contributed by atoms with van der Waals surface area (Å²) in [6.45, 7) is 1.97. The molecule has 3 amide bonds. The topological polar surface area (TPSA) is 117 Å². The van der Waals surface area contributed by atoms with Gasteiger partial charge in [-0.05, 0) is 60.5 Å². The van der Waals surface area contributed by atoms with E-state index in [1.165, 1.54) is 4.90 Å². The van der Waals surface area contributed by atoms with Gasteiger partial charge in [-0.2, -0.15) is 0 Å². The predicted molar refractivity (Wildman–Crippen MR) is 143 cm³/mol. The maximum Gasteiger partial charge on any atom is 0.258 e.